The summed E-state index contributed by atoms with van der Waals surface area (Å²) in [6, 6.07) is 8.43. The Morgan fingerprint density at radius 1 is 1.20 bits per heavy atom. The third kappa shape index (κ3) is 4.48. The molecule has 0 aliphatic carbocycles. The number of anilines is 1. The van der Waals surface area contributed by atoms with Gasteiger partial charge in [0.15, 0.2) is 11.3 Å². The fourth-order valence-electron chi connectivity index (χ4n) is 2.75. The van der Waals surface area contributed by atoms with Crippen LogP contribution in [-0.4, -0.2) is 25.6 Å². The molecule has 2 aromatic carbocycles. The number of halogens is 3. The molecule has 6 nitrogen and oxygen atoms in total. The van der Waals surface area contributed by atoms with Crippen molar-refractivity contribution >= 4 is 73.7 Å². The van der Waals surface area contributed by atoms with Gasteiger partial charge in [0.2, 0.25) is 11.7 Å². The third-order valence-electron chi connectivity index (χ3n) is 4.08. The van der Waals surface area contributed by atoms with Crippen molar-refractivity contribution < 1.29 is 23.5 Å². The fourth-order valence-corrected chi connectivity index (χ4v) is 3.79. The summed E-state index contributed by atoms with van der Waals surface area (Å²) in [7, 11) is 1.48. The maximum Gasteiger partial charge on any atom is 0.376 e. The van der Waals surface area contributed by atoms with Crippen molar-refractivity contribution in [3.63, 3.8) is 0 Å². The van der Waals surface area contributed by atoms with Crippen LogP contribution in [0, 0.1) is 0 Å². The van der Waals surface area contributed by atoms with Crippen molar-refractivity contribution in [2.75, 3.05) is 19.0 Å². The summed E-state index contributed by atoms with van der Waals surface area (Å²) >= 11 is 15.7. The Hall–Kier alpha value is -2.48. The first-order valence-electron chi connectivity index (χ1n) is 8.76. The van der Waals surface area contributed by atoms with Gasteiger partial charge in [-0.15, -0.1) is 0 Å². The quantitative estimate of drug-likeness (QED) is 0.308. The second kappa shape index (κ2) is 9.55. The summed E-state index contributed by atoms with van der Waals surface area (Å²) in [5.41, 5.74) is 0.957. The number of fused-ring (bicyclic) bond motifs is 1. The minimum Gasteiger partial charge on any atom is -0.493 e. The van der Waals surface area contributed by atoms with Gasteiger partial charge in [-0.25, -0.2) is 4.79 Å². The maximum atomic E-state index is 12.6. The number of ether oxygens (including phenoxy) is 2. The second-order valence-electron chi connectivity index (χ2n) is 5.94. The van der Waals surface area contributed by atoms with Gasteiger partial charge in [-0.1, -0.05) is 29.3 Å². The van der Waals surface area contributed by atoms with Gasteiger partial charge in [-0.3, -0.25) is 4.79 Å². The average molecular weight is 513 g/mol. The van der Waals surface area contributed by atoms with Crippen molar-refractivity contribution in [3.8, 4) is 5.75 Å². The number of benzene rings is 2. The van der Waals surface area contributed by atoms with E-state index < -0.39 is 11.9 Å². The fraction of sp³-hybridized carbons (Fsp3) is 0.143. The molecule has 9 heteroatoms. The van der Waals surface area contributed by atoms with Crippen molar-refractivity contribution in [1.29, 1.82) is 0 Å². The molecule has 0 unspecified atom stereocenters. The monoisotopic (exact) mass is 511 g/mol. The highest BCUT2D eigenvalue weighted by Crippen LogP contribution is 2.41. The molecule has 0 radical (unpaired) electrons. The Bertz CT molecular complexity index is 1140. The standard InChI is InChI=1S/C21H16BrCl2NO5/c1-3-29-21(27)20-18(17-12(22)8-9-15(28-2)19(17)30-20)25-16(26)10-7-11-13(23)5-4-6-14(11)24/h4-10H,3H2,1-2H3,(H,25,26)/b10-7+. The molecular weight excluding hydrogens is 497 g/mol. The Morgan fingerprint density at radius 3 is 2.53 bits per heavy atom. The minimum atomic E-state index is -0.712. The molecule has 0 aliphatic heterocycles. The summed E-state index contributed by atoms with van der Waals surface area (Å²) in [6.07, 6.45) is 2.75. The van der Waals surface area contributed by atoms with Gasteiger partial charge in [0, 0.05) is 26.2 Å². The zero-order valence-corrected chi connectivity index (χ0v) is 19.0. The van der Waals surface area contributed by atoms with E-state index >= 15 is 0 Å². The number of methoxy groups -OCH3 is 1. The smallest absolute Gasteiger partial charge is 0.376 e. The number of nitrogens with one attached hydrogen (secondary N) is 1. The molecule has 3 aromatic rings. The van der Waals surface area contributed by atoms with Crippen LogP contribution >= 0.6 is 39.1 Å². The van der Waals surface area contributed by atoms with Gasteiger partial charge in [0.25, 0.3) is 0 Å². The van der Waals surface area contributed by atoms with Crippen LogP contribution in [0.1, 0.15) is 23.0 Å². The van der Waals surface area contributed by atoms with E-state index in [2.05, 4.69) is 21.2 Å². The molecule has 0 atom stereocenters. The van der Waals surface area contributed by atoms with Crippen molar-refractivity contribution in [1.82, 2.24) is 0 Å². The summed E-state index contributed by atoms with van der Waals surface area (Å²) < 4.78 is 16.7. The first-order valence-corrected chi connectivity index (χ1v) is 10.3. The molecule has 0 aliphatic rings. The van der Waals surface area contributed by atoms with E-state index in [-0.39, 0.29) is 18.1 Å². The lowest BCUT2D eigenvalue weighted by Gasteiger charge is -2.05. The summed E-state index contributed by atoms with van der Waals surface area (Å²) in [5, 5.41) is 3.96. The molecule has 1 N–H and O–H groups in total. The summed E-state index contributed by atoms with van der Waals surface area (Å²) in [6.45, 7) is 1.82. The highest BCUT2D eigenvalue weighted by molar-refractivity contribution is 9.10. The third-order valence-corrected chi connectivity index (χ3v) is 5.40. The van der Waals surface area contributed by atoms with Crippen LogP contribution in [0.15, 0.2) is 45.3 Å². The normalized spacial score (nSPS) is 11.1. The number of hydrogen-bond acceptors (Lipinski definition) is 5. The van der Waals surface area contributed by atoms with E-state index in [4.69, 9.17) is 37.1 Å². The molecule has 0 spiro atoms. The summed E-state index contributed by atoms with van der Waals surface area (Å²) in [5.74, 6) is -0.975. The number of amides is 1. The van der Waals surface area contributed by atoms with E-state index in [0.29, 0.717) is 36.8 Å². The van der Waals surface area contributed by atoms with Crippen LogP contribution in [0.4, 0.5) is 5.69 Å². The Labute approximate surface area is 190 Å². The maximum absolute atomic E-state index is 12.6. The van der Waals surface area contributed by atoms with Gasteiger partial charge in [-0.05, 0) is 53.2 Å². The van der Waals surface area contributed by atoms with Gasteiger partial charge in [0.05, 0.1) is 19.1 Å². The zero-order valence-electron chi connectivity index (χ0n) is 15.9. The average Bonchev–Trinajstić information content (AvgIpc) is 3.08. The van der Waals surface area contributed by atoms with E-state index in [9.17, 15) is 9.59 Å². The Morgan fingerprint density at radius 2 is 1.90 bits per heavy atom. The van der Waals surface area contributed by atoms with Crippen LogP contribution in [0.5, 0.6) is 5.75 Å². The first kappa shape index (κ1) is 22.2. The lowest BCUT2D eigenvalue weighted by Crippen LogP contribution is -2.12. The lowest BCUT2D eigenvalue weighted by molar-refractivity contribution is -0.111. The largest absolute Gasteiger partial charge is 0.493 e. The number of furan rings is 1. The lowest BCUT2D eigenvalue weighted by atomic mass is 10.2. The number of carbonyl (C=O) groups excluding carboxylic acids is 2. The Balaban J connectivity index is 2.03. The van der Waals surface area contributed by atoms with Crippen molar-refractivity contribution in [2.45, 2.75) is 6.92 Å². The molecule has 1 heterocycles. The SMILES string of the molecule is CCOC(=O)c1oc2c(OC)ccc(Br)c2c1NC(=O)/C=C/c1c(Cl)cccc1Cl. The molecule has 3 rings (SSSR count). The molecule has 1 aromatic heterocycles. The van der Waals surface area contributed by atoms with Gasteiger partial charge < -0.3 is 19.2 Å². The molecule has 0 saturated heterocycles. The van der Waals surface area contributed by atoms with Gasteiger partial charge in [0.1, 0.15) is 5.69 Å². The highest BCUT2D eigenvalue weighted by Gasteiger charge is 2.26. The molecule has 30 heavy (non-hydrogen) atoms. The second-order valence-corrected chi connectivity index (χ2v) is 7.61. The van der Waals surface area contributed by atoms with Crippen LogP contribution in [-0.2, 0) is 9.53 Å². The van der Waals surface area contributed by atoms with Crippen molar-refractivity contribution in [3.05, 3.63) is 62.2 Å². The molecule has 156 valence electrons. The number of rotatable bonds is 6. The first-order chi connectivity index (χ1) is 14.4. The van der Waals surface area contributed by atoms with E-state index in [1.165, 1.54) is 19.3 Å². The number of carbonyl (C=O) groups is 2. The van der Waals surface area contributed by atoms with E-state index in [0.717, 1.165) is 0 Å². The van der Waals surface area contributed by atoms with Gasteiger partial charge in [-0.2, -0.15) is 0 Å². The summed E-state index contributed by atoms with van der Waals surface area (Å²) in [4.78, 5) is 25.0. The molecule has 0 saturated carbocycles. The predicted molar refractivity (Wildman–Crippen MR) is 121 cm³/mol. The van der Waals surface area contributed by atoms with Crippen LogP contribution in [0.3, 0.4) is 0 Å². The van der Waals surface area contributed by atoms with Crippen molar-refractivity contribution in [2.24, 2.45) is 0 Å². The molecule has 1 amide bonds. The highest BCUT2D eigenvalue weighted by atomic mass is 79.9. The molecule has 0 bridgehead atoms. The van der Waals surface area contributed by atoms with Crippen LogP contribution in [0.2, 0.25) is 10.0 Å². The molecular formula is C21H16BrCl2NO5. The number of hydrogen-bond donors (Lipinski definition) is 1. The topological polar surface area (TPSA) is 77.8 Å². The van der Waals surface area contributed by atoms with Crippen LogP contribution in [0.25, 0.3) is 17.0 Å². The van der Waals surface area contributed by atoms with Gasteiger partial charge >= 0.3 is 5.97 Å². The predicted octanol–water partition coefficient (Wildman–Crippen LogP) is 6.34. The minimum absolute atomic E-state index is 0.144. The zero-order chi connectivity index (χ0) is 21.8. The molecule has 0 fully saturated rings. The Kier molecular flexibility index (Phi) is 7.07. The number of esters is 1. The van der Waals surface area contributed by atoms with E-state index in [1.54, 1.807) is 37.3 Å². The van der Waals surface area contributed by atoms with E-state index in [1.807, 2.05) is 0 Å². The van der Waals surface area contributed by atoms with Crippen LogP contribution < -0.4 is 10.1 Å².